The molecule has 0 saturated heterocycles. The van der Waals surface area contributed by atoms with Crippen LogP contribution in [0, 0.1) is 0 Å². The zero-order chi connectivity index (χ0) is 23.0. The fourth-order valence-corrected chi connectivity index (χ4v) is 3.57. The van der Waals surface area contributed by atoms with Gasteiger partial charge in [0, 0.05) is 6.04 Å². The van der Waals surface area contributed by atoms with Gasteiger partial charge in [-0.15, -0.1) is 0 Å². The summed E-state index contributed by atoms with van der Waals surface area (Å²) in [5.41, 5.74) is -0.407. The molecule has 170 valence electrons. The second-order valence-corrected chi connectivity index (χ2v) is 7.44. The summed E-state index contributed by atoms with van der Waals surface area (Å²) in [6.07, 6.45) is 2.33. The van der Waals surface area contributed by atoms with Crippen molar-refractivity contribution in [2.75, 3.05) is 26.7 Å². The van der Waals surface area contributed by atoms with Crippen LogP contribution in [0.15, 0.2) is 38.8 Å². The molecule has 0 aliphatic rings. The molecule has 0 spiro atoms. The zero-order valence-electron chi connectivity index (χ0n) is 19.1. The lowest BCUT2D eigenvalue weighted by atomic mass is 10.1. The molecular weight excluding hydrogens is 396 g/mol. The molecule has 0 aliphatic carbocycles. The van der Waals surface area contributed by atoms with Crippen molar-refractivity contribution >= 4 is 5.71 Å². The van der Waals surface area contributed by atoms with Crippen LogP contribution in [0.5, 0.6) is 11.6 Å². The number of rotatable bonds is 11. The number of nitrogens with zero attached hydrogens (tertiary/aromatic N) is 3. The Morgan fingerprint density at radius 1 is 1.19 bits per heavy atom. The van der Waals surface area contributed by atoms with Gasteiger partial charge in [0.15, 0.2) is 0 Å². The maximum atomic E-state index is 12.6. The third kappa shape index (κ3) is 6.07. The van der Waals surface area contributed by atoms with Crippen LogP contribution in [-0.2, 0) is 0 Å². The molecule has 1 heterocycles. The second kappa shape index (κ2) is 11.5. The molecule has 8 heteroatoms. The number of benzene rings is 1. The smallest absolute Gasteiger partial charge is 0.335 e. The molecule has 0 bridgehead atoms. The topological polar surface area (TPSA) is 99.9 Å². The molecule has 1 aromatic carbocycles. The molecule has 0 aliphatic heterocycles. The van der Waals surface area contributed by atoms with Gasteiger partial charge in [0.1, 0.15) is 11.3 Å². The van der Waals surface area contributed by atoms with E-state index < -0.39 is 17.1 Å². The SMILES string of the molecule is CCC(=N[C@@H](C)CCCN(CC)CC)c1c(O)n(-c2ccc(OC)cc2)c(=O)[nH]c1=O. The van der Waals surface area contributed by atoms with E-state index in [2.05, 4.69) is 23.7 Å². The first-order valence-electron chi connectivity index (χ1n) is 10.9. The summed E-state index contributed by atoms with van der Waals surface area (Å²) in [5.74, 6) is 0.213. The van der Waals surface area contributed by atoms with Gasteiger partial charge < -0.3 is 14.7 Å². The summed E-state index contributed by atoms with van der Waals surface area (Å²) in [6, 6.07) is 6.63. The highest BCUT2D eigenvalue weighted by Crippen LogP contribution is 2.21. The summed E-state index contributed by atoms with van der Waals surface area (Å²) in [7, 11) is 1.55. The number of nitrogens with one attached hydrogen (secondary N) is 1. The molecule has 2 rings (SSSR count). The second-order valence-electron chi connectivity index (χ2n) is 7.44. The van der Waals surface area contributed by atoms with Crippen LogP contribution in [0.1, 0.15) is 52.5 Å². The predicted molar refractivity (Wildman–Crippen MR) is 124 cm³/mol. The van der Waals surface area contributed by atoms with Crippen LogP contribution in [0.4, 0.5) is 0 Å². The van der Waals surface area contributed by atoms with Crippen LogP contribution in [0.25, 0.3) is 5.69 Å². The van der Waals surface area contributed by atoms with Crippen LogP contribution in [-0.4, -0.2) is 58.1 Å². The summed E-state index contributed by atoms with van der Waals surface area (Å²) < 4.78 is 6.21. The molecule has 2 aromatic rings. The third-order valence-corrected chi connectivity index (χ3v) is 5.41. The molecule has 0 amide bonds. The Labute approximate surface area is 183 Å². The molecule has 31 heavy (non-hydrogen) atoms. The summed E-state index contributed by atoms with van der Waals surface area (Å²) in [5, 5.41) is 10.9. The highest BCUT2D eigenvalue weighted by molar-refractivity contribution is 6.02. The van der Waals surface area contributed by atoms with Crippen molar-refractivity contribution in [2.24, 2.45) is 4.99 Å². The largest absolute Gasteiger partial charge is 0.497 e. The number of aromatic hydroxyl groups is 1. The van der Waals surface area contributed by atoms with Crippen molar-refractivity contribution in [3.8, 4) is 17.3 Å². The lowest BCUT2D eigenvalue weighted by Crippen LogP contribution is -2.33. The number of aromatic nitrogens is 2. The molecular formula is C23H34N4O4. The van der Waals surface area contributed by atoms with E-state index in [4.69, 9.17) is 9.73 Å². The van der Waals surface area contributed by atoms with Gasteiger partial charge in [-0.2, -0.15) is 0 Å². The van der Waals surface area contributed by atoms with Gasteiger partial charge in [0.05, 0.1) is 18.5 Å². The molecule has 1 atom stereocenters. The predicted octanol–water partition coefficient (Wildman–Crippen LogP) is 2.95. The monoisotopic (exact) mass is 430 g/mol. The molecule has 1 aromatic heterocycles. The van der Waals surface area contributed by atoms with E-state index in [-0.39, 0.29) is 11.6 Å². The Hall–Kier alpha value is -2.87. The van der Waals surface area contributed by atoms with Gasteiger partial charge >= 0.3 is 5.69 Å². The summed E-state index contributed by atoms with van der Waals surface area (Å²) in [6.45, 7) is 11.2. The van der Waals surface area contributed by atoms with Crippen LogP contribution < -0.4 is 16.0 Å². The number of H-pyrrole nitrogens is 1. The average Bonchev–Trinajstić information content (AvgIpc) is 2.76. The summed E-state index contributed by atoms with van der Waals surface area (Å²) >= 11 is 0. The molecule has 0 radical (unpaired) electrons. The number of hydrogen-bond donors (Lipinski definition) is 2. The number of ether oxygens (including phenoxy) is 1. The van der Waals surface area contributed by atoms with Crippen LogP contribution >= 0.6 is 0 Å². The normalized spacial score (nSPS) is 12.9. The van der Waals surface area contributed by atoms with Crippen LogP contribution in [0.2, 0.25) is 0 Å². The van der Waals surface area contributed by atoms with E-state index in [0.717, 1.165) is 37.0 Å². The number of aromatic amines is 1. The Morgan fingerprint density at radius 2 is 1.84 bits per heavy atom. The first-order valence-corrected chi connectivity index (χ1v) is 10.9. The minimum Gasteiger partial charge on any atom is -0.497 e. The molecule has 0 saturated carbocycles. The maximum Gasteiger partial charge on any atom is 0.335 e. The molecule has 2 N–H and O–H groups in total. The fraction of sp³-hybridized carbons (Fsp3) is 0.522. The van der Waals surface area contributed by atoms with E-state index in [0.29, 0.717) is 23.6 Å². The van der Waals surface area contributed by atoms with Crippen molar-refractivity contribution in [3.63, 3.8) is 0 Å². The third-order valence-electron chi connectivity index (χ3n) is 5.41. The van der Waals surface area contributed by atoms with Crippen molar-refractivity contribution in [2.45, 2.75) is 53.0 Å². The Bertz CT molecular complexity index is 988. The number of hydrogen-bond acceptors (Lipinski definition) is 6. The fourth-order valence-electron chi connectivity index (χ4n) is 3.57. The van der Waals surface area contributed by atoms with E-state index in [1.54, 1.807) is 31.4 Å². The number of methoxy groups -OCH3 is 1. The first kappa shape index (κ1) is 24.4. The Balaban J connectivity index is 2.37. The van der Waals surface area contributed by atoms with E-state index in [1.165, 1.54) is 0 Å². The van der Waals surface area contributed by atoms with Crippen molar-refractivity contribution in [3.05, 3.63) is 50.7 Å². The molecule has 0 fully saturated rings. The van der Waals surface area contributed by atoms with Gasteiger partial charge in [-0.05, 0) is 70.1 Å². The van der Waals surface area contributed by atoms with Crippen molar-refractivity contribution in [1.29, 1.82) is 0 Å². The van der Waals surface area contributed by atoms with E-state index in [1.807, 2.05) is 13.8 Å². The minimum atomic E-state index is -0.709. The minimum absolute atomic E-state index is 0.00863. The Morgan fingerprint density at radius 3 is 2.39 bits per heavy atom. The highest BCUT2D eigenvalue weighted by Gasteiger charge is 2.20. The quantitative estimate of drug-likeness (QED) is 0.534. The van der Waals surface area contributed by atoms with Gasteiger partial charge in [-0.3, -0.25) is 14.8 Å². The van der Waals surface area contributed by atoms with Gasteiger partial charge in [0.25, 0.3) is 5.56 Å². The van der Waals surface area contributed by atoms with Gasteiger partial charge in [0.2, 0.25) is 5.88 Å². The Kier molecular flexibility index (Phi) is 9.05. The zero-order valence-corrected chi connectivity index (χ0v) is 19.1. The molecule has 0 unspecified atom stereocenters. The number of aliphatic imine (C=N–C) groups is 1. The first-order chi connectivity index (χ1) is 14.9. The van der Waals surface area contributed by atoms with Crippen LogP contribution in [0.3, 0.4) is 0 Å². The van der Waals surface area contributed by atoms with E-state index in [9.17, 15) is 14.7 Å². The van der Waals surface area contributed by atoms with Gasteiger partial charge in [-0.25, -0.2) is 9.36 Å². The molecule has 8 nitrogen and oxygen atoms in total. The summed E-state index contributed by atoms with van der Waals surface area (Å²) in [4.78, 5) is 34.4. The average molecular weight is 431 g/mol. The van der Waals surface area contributed by atoms with Crippen molar-refractivity contribution < 1.29 is 9.84 Å². The lowest BCUT2D eigenvalue weighted by Gasteiger charge is -2.18. The highest BCUT2D eigenvalue weighted by atomic mass is 16.5. The van der Waals surface area contributed by atoms with E-state index >= 15 is 0 Å². The van der Waals surface area contributed by atoms with Gasteiger partial charge in [-0.1, -0.05) is 20.8 Å². The van der Waals surface area contributed by atoms with Crippen molar-refractivity contribution in [1.82, 2.24) is 14.5 Å². The lowest BCUT2D eigenvalue weighted by molar-refractivity contribution is 0.294. The standard InChI is InChI=1S/C23H34N4O4/c1-6-19(24-16(4)10-9-15-26(7-2)8-3)20-21(28)25-23(30)27(22(20)29)17-11-13-18(31-5)14-12-17/h11-14,16,29H,6-10,15H2,1-5H3,(H,25,28,30)/t16-/m0/s1. The maximum absolute atomic E-state index is 12.6.